The number of hydrogen-bond donors (Lipinski definition) is 0. The molecule has 8 heteroatoms. The van der Waals surface area contributed by atoms with Crippen molar-refractivity contribution in [3.63, 3.8) is 0 Å². The molecule has 0 saturated heterocycles. The number of ether oxygens (including phenoxy) is 1. The van der Waals surface area contributed by atoms with Crippen molar-refractivity contribution in [1.82, 2.24) is 25.0 Å². The summed E-state index contributed by atoms with van der Waals surface area (Å²) in [6.45, 7) is 3.95. The molecule has 7 nitrogen and oxygen atoms in total. The SMILES string of the molecule is CC[C@@H](Sc1ncnc2c1nnn2-c1ccc(C)cc1)C(=O)OC. The van der Waals surface area contributed by atoms with Crippen molar-refractivity contribution < 1.29 is 9.53 Å². The van der Waals surface area contributed by atoms with Crippen LogP contribution in [0, 0.1) is 6.92 Å². The molecule has 1 aromatic carbocycles. The van der Waals surface area contributed by atoms with Gasteiger partial charge in [-0.1, -0.05) is 41.6 Å². The van der Waals surface area contributed by atoms with Gasteiger partial charge in [0.05, 0.1) is 12.8 Å². The van der Waals surface area contributed by atoms with Crippen molar-refractivity contribution in [1.29, 1.82) is 0 Å². The van der Waals surface area contributed by atoms with Gasteiger partial charge in [-0.05, 0) is 25.5 Å². The highest BCUT2D eigenvalue weighted by molar-refractivity contribution is 8.00. The van der Waals surface area contributed by atoms with E-state index < -0.39 is 0 Å². The lowest BCUT2D eigenvalue weighted by atomic mass is 10.2. The van der Waals surface area contributed by atoms with Crippen molar-refractivity contribution in [3.8, 4) is 5.69 Å². The monoisotopic (exact) mass is 343 g/mol. The minimum Gasteiger partial charge on any atom is -0.468 e. The number of carbonyl (C=O) groups is 1. The number of nitrogens with zero attached hydrogens (tertiary/aromatic N) is 5. The molecule has 0 bridgehead atoms. The number of hydrogen-bond acceptors (Lipinski definition) is 7. The van der Waals surface area contributed by atoms with Crippen LogP contribution in [0.25, 0.3) is 16.9 Å². The molecule has 0 fully saturated rings. The van der Waals surface area contributed by atoms with Crippen LogP contribution in [0.4, 0.5) is 0 Å². The highest BCUT2D eigenvalue weighted by Gasteiger charge is 2.22. The summed E-state index contributed by atoms with van der Waals surface area (Å²) in [5, 5.41) is 8.68. The van der Waals surface area contributed by atoms with Gasteiger partial charge in [0, 0.05) is 0 Å². The molecule has 3 aromatic rings. The predicted octanol–water partition coefficient (Wildman–Crippen LogP) is 2.56. The number of esters is 1. The molecule has 3 rings (SSSR count). The molecular formula is C16H17N5O2S. The minimum atomic E-state index is -0.336. The van der Waals surface area contributed by atoms with E-state index in [2.05, 4.69) is 20.3 Å². The van der Waals surface area contributed by atoms with Crippen LogP contribution in [0.3, 0.4) is 0 Å². The van der Waals surface area contributed by atoms with Crippen molar-refractivity contribution in [2.24, 2.45) is 0 Å². The standard InChI is InChI=1S/C16H17N5O2S/c1-4-12(16(22)23-3)24-15-13-14(17-9-18-15)21(20-19-13)11-7-5-10(2)6-8-11/h5-9,12H,4H2,1-3H3/t12-/m1/s1. The van der Waals surface area contributed by atoms with Gasteiger partial charge in [-0.2, -0.15) is 4.68 Å². The van der Waals surface area contributed by atoms with E-state index >= 15 is 0 Å². The van der Waals surface area contributed by atoms with Crippen molar-refractivity contribution in [3.05, 3.63) is 36.2 Å². The van der Waals surface area contributed by atoms with E-state index in [9.17, 15) is 4.79 Å². The van der Waals surface area contributed by atoms with E-state index in [1.54, 1.807) is 4.68 Å². The van der Waals surface area contributed by atoms with Crippen LogP contribution in [0.5, 0.6) is 0 Å². The van der Waals surface area contributed by atoms with E-state index in [0.717, 1.165) is 11.3 Å². The van der Waals surface area contributed by atoms with Gasteiger partial charge in [0.2, 0.25) is 0 Å². The molecule has 0 aliphatic carbocycles. The van der Waals surface area contributed by atoms with Gasteiger partial charge in [-0.15, -0.1) is 5.10 Å². The van der Waals surface area contributed by atoms with Crippen LogP contribution in [0.15, 0.2) is 35.6 Å². The van der Waals surface area contributed by atoms with Gasteiger partial charge < -0.3 is 4.74 Å². The third kappa shape index (κ3) is 3.09. The van der Waals surface area contributed by atoms with Crippen molar-refractivity contribution in [2.75, 3.05) is 7.11 Å². The average Bonchev–Trinajstić information content (AvgIpc) is 3.04. The molecular weight excluding hydrogens is 326 g/mol. The summed E-state index contributed by atoms with van der Waals surface area (Å²) in [4.78, 5) is 20.4. The summed E-state index contributed by atoms with van der Waals surface area (Å²) < 4.78 is 6.50. The fourth-order valence-corrected chi connectivity index (χ4v) is 3.22. The molecule has 0 saturated carbocycles. The van der Waals surface area contributed by atoms with Gasteiger partial charge >= 0.3 is 5.97 Å². The van der Waals surface area contributed by atoms with Gasteiger partial charge in [-0.3, -0.25) is 4.79 Å². The first-order chi connectivity index (χ1) is 11.6. The van der Waals surface area contributed by atoms with Crippen LogP contribution in [0.1, 0.15) is 18.9 Å². The van der Waals surface area contributed by atoms with Gasteiger partial charge in [0.25, 0.3) is 0 Å². The fourth-order valence-electron chi connectivity index (χ4n) is 2.24. The Morgan fingerprint density at radius 2 is 2.04 bits per heavy atom. The van der Waals surface area contributed by atoms with Crippen molar-refractivity contribution >= 4 is 28.9 Å². The van der Waals surface area contributed by atoms with E-state index in [0.29, 0.717) is 22.6 Å². The van der Waals surface area contributed by atoms with Crippen LogP contribution in [-0.4, -0.2) is 43.3 Å². The topological polar surface area (TPSA) is 82.8 Å². The molecule has 2 aromatic heterocycles. The first-order valence-electron chi connectivity index (χ1n) is 7.52. The largest absolute Gasteiger partial charge is 0.468 e. The van der Waals surface area contributed by atoms with Crippen LogP contribution >= 0.6 is 11.8 Å². The summed E-state index contributed by atoms with van der Waals surface area (Å²) in [6.07, 6.45) is 2.09. The molecule has 0 N–H and O–H groups in total. The highest BCUT2D eigenvalue weighted by atomic mass is 32.2. The zero-order valence-electron chi connectivity index (χ0n) is 13.6. The molecule has 2 heterocycles. The van der Waals surface area contributed by atoms with Gasteiger partial charge in [-0.25, -0.2) is 9.97 Å². The summed E-state index contributed by atoms with van der Waals surface area (Å²) in [5.41, 5.74) is 3.22. The summed E-state index contributed by atoms with van der Waals surface area (Å²) >= 11 is 1.32. The highest BCUT2D eigenvalue weighted by Crippen LogP contribution is 2.29. The number of carbonyl (C=O) groups excluding carboxylic acids is 1. The lowest BCUT2D eigenvalue weighted by Crippen LogP contribution is -2.17. The molecule has 0 radical (unpaired) electrons. The molecule has 1 atom stereocenters. The van der Waals surface area contributed by atoms with E-state index in [1.165, 1.54) is 25.2 Å². The maximum atomic E-state index is 11.8. The number of methoxy groups -OCH3 is 1. The molecule has 24 heavy (non-hydrogen) atoms. The number of aromatic nitrogens is 5. The smallest absolute Gasteiger partial charge is 0.319 e. The molecule has 0 unspecified atom stereocenters. The van der Waals surface area contributed by atoms with Gasteiger partial charge in [0.15, 0.2) is 11.2 Å². The van der Waals surface area contributed by atoms with Crippen LogP contribution < -0.4 is 0 Å². The Hall–Kier alpha value is -2.48. The minimum absolute atomic E-state index is 0.278. The summed E-state index contributed by atoms with van der Waals surface area (Å²) in [5.74, 6) is -0.278. The van der Waals surface area contributed by atoms with Crippen molar-refractivity contribution in [2.45, 2.75) is 30.5 Å². The Kier molecular flexibility index (Phi) is 4.75. The molecule has 0 spiro atoms. The van der Waals surface area contributed by atoms with Crippen LogP contribution in [0.2, 0.25) is 0 Å². The molecule has 0 amide bonds. The predicted molar refractivity (Wildman–Crippen MR) is 91.1 cm³/mol. The summed E-state index contributed by atoms with van der Waals surface area (Å²) in [6, 6.07) is 7.93. The second kappa shape index (κ2) is 6.96. The lowest BCUT2D eigenvalue weighted by molar-refractivity contribution is -0.140. The maximum absolute atomic E-state index is 11.8. The number of thioether (sulfide) groups is 1. The zero-order chi connectivity index (χ0) is 17.1. The number of fused-ring (bicyclic) bond motifs is 1. The quantitative estimate of drug-likeness (QED) is 0.400. The first kappa shape index (κ1) is 16.4. The molecule has 0 aliphatic rings. The second-order valence-corrected chi connectivity index (χ2v) is 6.42. The third-order valence-electron chi connectivity index (χ3n) is 3.57. The lowest BCUT2D eigenvalue weighted by Gasteiger charge is -2.11. The molecule has 0 aliphatic heterocycles. The van der Waals surface area contributed by atoms with Crippen LogP contribution in [-0.2, 0) is 9.53 Å². The Morgan fingerprint density at radius 1 is 1.29 bits per heavy atom. The number of rotatable bonds is 5. The number of benzene rings is 1. The van der Waals surface area contributed by atoms with E-state index in [4.69, 9.17) is 4.74 Å². The Balaban J connectivity index is 2.00. The zero-order valence-corrected chi connectivity index (χ0v) is 14.4. The summed E-state index contributed by atoms with van der Waals surface area (Å²) in [7, 11) is 1.38. The fraction of sp³-hybridized carbons (Fsp3) is 0.312. The van der Waals surface area contributed by atoms with Gasteiger partial charge in [0.1, 0.15) is 16.6 Å². The average molecular weight is 343 g/mol. The normalized spacial score (nSPS) is 12.3. The first-order valence-corrected chi connectivity index (χ1v) is 8.40. The van der Waals surface area contributed by atoms with E-state index in [-0.39, 0.29) is 11.2 Å². The second-order valence-electron chi connectivity index (χ2n) is 5.23. The third-order valence-corrected chi connectivity index (χ3v) is 4.90. The molecule has 124 valence electrons. The van der Waals surface area contributed by atoms with E-state index in [1.807, 2.05) is 38.1 Å². The Morgan fingerprint density at radius 3 is 2.71 bits per heavy atom. The Bertz CT molecular complexity index is 863. The maximum Gasteiger partial charge on any atom is 0.319 e. The number of aryl methyl sites for hydroxylation is 1. The Labute approximate surface area is 143 Å².